The van der Waals surface area contributed by atoms with Crippen LogP contribution in [0.5, 0.6) is 5.75 Å². The summed E-state index contributed by atoms with van der Waals surface area (Å²) in [5.41, 5.74) is 0.365. The summed E-state index contributed by atoms with van der Waals surface area (Å²) in [6.07, 6.45) is 4.46. The van der Waals surface area contributed by atoms with E-state index in [1.807, 2.05) is 0 Å². The monoisotopic (exact) mass is 420 g/mol. The molecule has 0 aliphatic rings. The Morgan fingerprint density at radius 3 is 2.86 bits per heavy atom. The Bertz CT molecular complexity index is 1050. The summed E-state index contributed by atoms with van der Waals surface area (Å²) in [6, 6.07) is 4.03. The lowest BCUT2D eigenvalue weighted by Gasteiger charge is -2.07. The Hall–Kier alpha value is -3.17. The third-order valence-corrected chi connectivity index (χ3v) is 4.42. The molecule has 0 fully saturated rings. The quantitative estimate of drug-likeness (QED) is 0.545. The predicted molar refractivity (Wildman–Crippen MR) is 104 cm³/mol. The van der Waals surface area contributed by atoms with Crippen LogP contribution < -0.4 is 10.1 Å². The van der Waals surface area contributed by atoms with Crippen LogP contribution in [0.4, 0.5) is 10.1 Å². The van der Waals surface area contributed by atoms with Crippen LogP contribution in [-0.2, 0) is 11.3 Å². The fraction of sp³-hybridized carbons (Fsp3) is 0.211. The maximum Gasteiger partial charge on any atom is 0.272 e. The molecule has 0 saturated carbocycles. The van der Waals surface area contributed by atoms with E-state index in [1.54, 1.807) is 18.0 Å². The summed E-state index contributed by atoms with van der Waals surface area (Å²) >= 11 is 5.99. The molecule has 2 N–H and O–H groups in total. The largest absolute Gasteiger partial charge is 0.494 e. The molecule has 0 aliphatic heterocycles. The molecule has 0 radical (unpaired) electrons. The third-order valence-electron chi connectivity index (χ3n) is 4.11. The first-order valence-corrected chi connectivity index (χ1v) is 8.90. The fourth-order valence-electron chi connectivity index (χ4n) is 2.63. The summed E-state index contributed by atoms with van der Waals surface area (Å²) in [4.78, 5) is 27.8. The number of amides is 1. The number of carbonyl (C=O) groups is 2. The highest BCUT2D eigenvalue weighted by Crippen LogP contribution is 2.29. The normalized spacial score (nSPS) is 10.8. The summed E-state index contributed by atoms with van der Waals surface area (Å²) in [5, 5.41) is 6.71. The minimum absolute atomic E-state index is 0.0519. The zero-order valence-electron chi connectivity index (χ0n) is 15.7. The number of rotatable bonds is 8. The van der Waals surface area contributed by atoms with Gasteiger partial charge < -0.3 is 19.8 Å². The molecule has 2 aromatic heterocycles. The molecule has 0 atom stereocenters. The van der Waals surface area contributed by atoms with Gasteiger partial charge in [0.25, 0.3) is 5.91 Å². The zero-order valence-corrected chi connectivity index (χ0v) is 16.4. The number of aromatic nitrogens is 3. The number of nitrogens with zero attached hydrogens (tertiary/aromatic N) is 2. The van der Waals surface area contributed by atoms with Crippen molar-refractivity contribution in [1.82, 2.24) is 14.8 Å². The van der Waals surface area contributed by atoms with Crippen LogP contribution >= 0.6 is 11.6 Å². The average molecular weight is 421 g/mol. The van der Waals surface area contributed by atoms with Gasteiger partial charge in [0.1, 0.15) is 5.69 Å². The molecule has 3 aromatic rings. The van der Waals surface area contributed by atoms with Crippen molar-refractivity contribution in [2.75, 3.05) is 26.1 Å². The van der Waals surface area contributed by atoms with Crippen molar-refractivity contribution in [1.29, 1.82) is 0 Å². The van der Waals surface area contributed by atoms with E-state index in [2.05, 4.69) is 15.4 Å². The first kappa shape index (κ1) is 20.6. The molecule has 2 heterocycles. The van der Waals surface area contributed by atoms with Crippen molar-refractivity contribution in [3.05, 3.63) is 64.5 Å². The molecule has 0 saturated heterocycles. The van der Waals surface area contributed by atoms with E-state index in [0.29, 0.717) is 18.8 Å². The number of aromatic amines is 1. The molecule has 0 aliphatic carbocycles. The zero-order chi connectivity index (χ0) is 21.0. The molecular formula is C19H18ClFN4O4. The lowest BCUT2D eigenvalue weighted by atomic mass is 10.0. The van der Waals surface area contributed by atoms with Gasteiger partial charge in [-0.3, -0.25) is 14.3 Å². The average Bonchev–Trinajstić information content (AvgIpc) is 3.36. The van der Waals surface area contributed by atoms with E-state index in [1.165, 1.54) is 37.7 Å². The molecule has 152 valence electrons. The summed E-state index contributed by atoms with van der Waals surface area (Å²) in [7, 11) is 2.87. The Kier molecular flexibility index (Phi) is 6.30. The second-order valence-electron chi connectivity index (χ2n) is 6.01. The Labute approximate surface area is 170 Å². The van der Waals surface area contributed by atoms with Crippen LogP contribution in [0.15, 0.2) is 36.8 Å². The van der Waals surface area contributed by atoms with E-state index in [9.17, 15) is 14.0 Å². The van der Waals surface area contributed by atoms with Crippen molar-refractivity contribution in [2.45, 2.75) is 6.54 Å². The molecule has 8 nitrogen and oxygen atoms in total. The molecule has 3 rings (SSSR count). The van der Waals surface area contributed by atoms with E-state index < -0.39 is 17.5 Å². The third kappa shape index (κ3) is 4.47. The predicted octanol–water partition coefficient (Wildman–Crippen LogP) is 3.14. The van der Waals surface area contributed by atoms with E-state index in [-0.39, 0.29) is 27.6 Å². The summed E-state index contributed by atoms with van der Waals surface area (Å²) in [5.74, 6) is -2.11. The molecule has 10 heteroatoms. The van der Waals surface area contributed by atoms with Gasteiger partial charge in [-0.05, 0) is 18.2 Å². The Morgan fingerprint density at radius 2 is 2.14 bits per heavy atom. The molecule has 1 aromatic carbocycles. The smallest absolute Gasteiger partial charge is 0.272 e. The number of carbonyl (C=O) groups excluding carboxylic acids is 2. The van der Waals surface area contributed by atoms with Gasteiger partial charge in [0.15, 0.2) is 17.3 Å². The summed E-state index contributed by atoms with van der Waals surface area (Å²) in [6.45, 7) is 1.03. The van der Waals surface area contributed by atoms with E-state index in [4.69, 9.17) is 21.1 Å². The molecule has 0 bridgehead atoms. The number of methoxy groups -OCH3 is 2. The fourth-order valence-corrected chi connectivity index (χ4v) is 2.87. The number of halogens is 2. The van der Waals surface area contributed by atoms with Crippen molar-refractivity contribution >= 4 is 29.0 Å². The molecule has 1 amide bonds. The van der Waals surface area contributed by atoms with Gasteiger partial charge in [0, 0.05) is 25.1 Å². The number of benzene rings is 1. The number of hydrogen-bond acceptors (Lipinski definition) is 5. The topological polar surface area (TPSA) is 98.2 Å². The highest BCUT2D eigenvalue weighted by Gasteiger charge is 2.23. The van der Waals surface area contributed by atoms with Gasteiger partial charge in [-0.25, -0.2) is 4.39 Å². The standard InChI is InChI=1S/C19H18ClFN4O4/c1-28-6-5-25-10-12(9-23-25)24-19(27)14-7-11(8-22-14)18(26)16-13(20)3-4-15(29-2)17(16)21/h3-4,7-10,22H,5-6H2,1-2H3,(H,24,27). The molecule has 0 unspecified atom stereocenters. The van der Waals surface area contributed by atoms with Gasteiger partial charge in [-0.1, -0.05) is 11.6 Å². The Balaban J connectivity index is 1.76. The van der Waals surface area contributed by atoms with Crippen molar-refractivity contribution < 1.29 is 23.5 Å². The maximum atomic E-state index is 14.5. The maximum absolute atomic E-state index is 14.5. The lowest BCUT2D eigenvalue weighted by molar-refractivity contribution is 0.102. The minimum atomic E-state index is -0.860. The van der Waals surface area contributed by atoms with E-state index in [0.717, 1.165) is 0 Å². The van der Waals surface area contributed by atoms with Gasteiger partial charge in [0.2, 0.25) is 0 Å². The van der Waals surface area contributed by atoms with Crippen LogP contribution in [0.2, 0.25) is 5.02 Å². The SMILES string of the molecule is COCCn1cc(NC(=O)c2cc(C(=O)c3c(Cl)ccc(OC)c3F)c[nH]2)cn1. The van der Waals surface area contributed by atoms with Crippen molar-refractivity contribution in [3.63, 3.8) is 0 Å². The minimum Gasteiger partial charge on any atom is -0.494 e. The molecular weight excluding hydrogens is 403 g/mol. The highest BCUT2D eigenvalue weighted by atomic mass is 35.5. The number of ketones is 1. The van der Waals surface area contributed by atoms with Gasteiger partial charge in [0.05, 0.1) is 42.7 Å². The van der Waals surface area contributed by atoms with Crippen LogP contribution in [0.1, 0.15) is 26.4 Å². The second kappa shape index (κ2) is 8.89. The number of nitrogens with one attached hydrogen (secondary N) is 2. The second-order valence-corrected chi connectivity index (χ2v) is 6.42. The Morgan fingerprint density at radius 1 is 1.34 bits per heavy atom. The number of hydrogen-bond donors (Lipinski definition) is 2. The van der Waals surface area contributed by atoms with Gasteiger partial charge in [-0.15, -0.1) is 0 Å². The molecule has 0 spiro atoms. The number of ether oxygens (including phenoxy) is 2. The summed E-state index contributed by atoms with van der Waals surface area (Å²) < 4.78 is 26.0. The number of anilines is 1. The van der Waals surface area contributed by atoms with Crippen molar-refractivity contribution in [3.8, 4) is 5.75 Å². The number of H-pyrrole nitrogens is 1. The van der Waals surface area contributed by atoms with E-state index >= 15 is 0 Å². The van der Waals surface area contributed by atoms with Crippen LogP contribution in [-0.4, -0.2) is 47.3 Å². The lowest BCUT2D eigenvalue weighted by Crippen LogP contribution is -2.12. The van der Waals surface area contributed by atoms with Gasteiger partial charge >= 0.3 is 0 Å². The van der Waals surface area contributed by atoms with Gasteiger partial charge in [-0.2, -0.15) is 5.10 Å². The molecule has 29 heavy (non-hydrogen) atoms. The first-order valence-electron chi connectivity index (χ1n) is 8.52. The van der Waals surface area contributed by atoms with Crippen LogP contribution in [0.3, 0.4) is 0 Å². The van der Waals surface area contributed by atoms with Crippen LogP contribution in [0.25, 0.3) is 0 Å². The van der Waals surface area contributed by atoms with Crippen molar-refractivity contribution in [2.24, 2.45) is 0 Å². The van der Waals surface area contributed by atoms with Crippen LogP contribution in [0, 0.1) is 5.82 Å². The first-order chi connectivity index (χ1) is 13.9. The highest BCUT2D eigenvalue weighted by molar-refractivity contribution is 6.35.